The first-order chi connectivity index (χ1) is 18.9. The third-order valence-corrected chi connectivity index (χ3v) is 6.91. The second-order valence-corrected chi connectivity index (χ2v) is 9.64. The monoisotopic (exact) mass is 570 g/mol. The number of amides is 2. The molecule has 4 aromatic heterocycles. The normalized spacial score (nSPS) is 11.6. The number of nitro groups is 1. The molecular formula is C25H17F3N6O5S. The molecule has 0 saturated carbocycles. The second-order valence-electron chi connectivity index (χ2n) is 8.64. The summed E-state index contributed by atoms with van der Waals surface area (Å²) in [7, 11) is 0. The minimum absolute atomic E-state index is 0.0171. The maximum Gasteiger partial charge on any atom is 0.433 e. The van der Waals surface area contributed by atoms with Crippen molar-refractivity contribution in [3.05, 3.63) is 92.6 Å². The van der Waals surface area contributed by atoms with Crippen LogP contribution in [0.2, 0.25) is 0 Å². The molecule has 204 valence electrons. The summed E-state index contributed by atoms with van der Waals surface area (Å²) < 4.78 is 47.9. The second kappa shape index (κ2) is 9.92. The van der Waals surface area contributed by atoms with Gasteiger partial charge in [0.2, 0.25) is 0 Å². The van der Waals surface area contributed by atoms with Crippen LogP contribution < -0.4 is 11.1 Å². The van der Waals surface area contributed by atoms with Crippen LogP contribution in [0.25, 0.3) is 21.3 Å². The highest BCUT2D eigenvalue weighted by Gasteiger charge is 2.35. The van der Waals surface area contributed by atoms with E-state index in [1.165, 1.54) is 23.0 Å². The number of aromatic nitrogens is 3. The summed E-state index contributed by atoms with van der Waals surface area (Å²) in [4.78, 5) is 39.1. The quantitative estimate of drug-likeness (QED) is 0.196. The van der Waals surface area contributed by atoms with E-state index in [1.807, 2.05) is 6.92 Å². The number of thiophene rings is 1. The van der Waals surface area contributed by atoms with Gasteiger partial charge in [-0.05, 0) is 36.2 Å². The van der Waals surface area contributed by atoms with Crippen LogP contribution in [0.5, 0.6) is 0 Å². The lowest BCUT2D eigenvalue weighted by Crippen LogP contribution is -2.16. The van der Waals surface area contributed by atoms with Gasteiger partial charge in [0.05, 0.1) is 17.2 Å². The number of aryl methyl sites for hydroxylation is 1. The molecule has 0 aliphatic carbocycles. The molecular weight excluding hydrogens is 553 g/mol. The van der Waals surface area contributed by atoms with Crippen molar-refractivity contribution in [1.82, 2.24) is 14.8 Å². The molecule has 0 bridgehead atoms. The fraction of sp³-hybridized carbons (Fsp3) is 0.120. The van der Waals surface area contributed by atoms with E-state index in [4.69, 9.17) is 10.2 Å². The van der Waals surface area contributed by atoms with E-state index in [-0.39, 0.29) is 50.1 Å². The SMILES string of the molecule is Cc1ccc(-c2cc(C(F)(F)F)nc3sc(C(N)=O)c(NC(=O)c4ccc(Cn5cc([N+](=O)[O-])cn5)o4)c23)cc1. The van der Waals surface area contributed by atoms with E-state index >= 15 is 0 Å². The molecule has 0 spiro atoms. The Kier molecular flexibility index (Phi) is 6.59. The van der Waals surface area contributed by atoms with Gasteiger partial charge in [-0.25, -0.2) is 4.98 Å². The van der Waals surface area contributed by atoms with Gasteiger partial charge in [0.15, 0.2) is 5.76 Å². The van der Waals surface area contributed by atoms with E-state index in [0.717, 1.165) is 17.8 Å². The van der Waals surface area contributed by atoms with Crippen molar-refractivity contribution in [3.8, 4) is 11.1 Å². The lowest BCUT2D eigenvalue weighted by atomic mass is 10.00. The Bertz CT molecular complexity index is 1790. The summed E-state index contributed by atoms with van der Waals surface area (Å²) in [5, 5.41) is 17.4. The fourth-order valence-electron chi connectivity index (χ4n) is 3.95. The predicted molar refractivity (Wildman–Crippen MR) is 138 cm³/mol. The van der Waals surface area contributed by atoms with Crippen molar-refractivity contribution < 1.29 is 32.1 Å². The molecule has 1 aromatic carbocycles. The minimum Gasteiger partial charge on any atom is -0.454 e. The summed E-state index contributed by atoms with van der Waals surface area (Å²) in [6, 6.07) is 10.3. The molecule has 0 atom stereocenters. The van der Waals surface area contributed by atoms with Crippen LogP contribution in [0.3, 0.4) is 0 Å². The molecule has 3 N–H and O–H groups in total. The van der Waals surface area contributed by atoms with Gasteiger partial charge in [0, 0.05) is 5.39 Å². The molecule has 0 radical (unpaired) electrons. The topological polar surface area (TPSA) is 159 Å². The maximum atomic E-state index is 13.7. The standard InChI is InChI=1S/C25H17F3N6O5S/c1-12-2-4-13(5-3-12)16-8-18(25(26,27)28)31-24-19(16)20(21(40-24)22(29)35)32-23(36)17-7-6-15(39-17)11-33-10-14(9-30-33)34(37)38/h2-10H,11H2,1H3,(H2,29,35)(H,32,36). The summed E-state index contributed by atoms with van der Waals surface area (Å²) >= 11 is 0.625. The van der Waals surface area contributed by atoms with E-state index in [2.05, 4.69) is 15.4 Å². The molecule has 2 amide bonds. The number of hydrogen-bond donors (Lipinski definition) is 2. The molecule has 5 aromatic rings. The van der Waals surface area contributed by atoms with Gasteiger partial charge < -0.3 is 15.5 Å². The number of nitrogens with two attached hydrogens (primary N) is 1. The first-order valence-electron chi connectivity index (χ1n) is 11.4. The number of anilines is 1. The molecule has 0 fully saturated rings. The molecule has 0 aliphatic rings. The molecule has 0 unspecified atom stereocenters. The minimum atomic E-state index is -4.77. The number of fused-ring (bicyclic) bond motifs is 1. The van der Waals surface area contributed by atoms with Crippen LogP contribution in [-0.2, 0) is 12.7 Å². The van der Waals surface area contributed by atoms with Crippen molar-refractivity contribution in [2.45, 2.75) is 19.6 Å². The molecule has 40 heavy (non-hydrogen) atoms. The third kappa shape index (κ3) is 5.13. The Morgan fingerprint density at radius 2 is 1.93 bits per heavy atom. The molecule has 11 nitrogen and oxygen atoms in total. The Morgan fingerprint density at radius 3 is 2.55 bits per heavy atom. The van der Waals surface area contributed by atoms with E-state index < -0.39 is 28.6 Å². The zero-order valence-corrected chi connectivity index (χ0v) is 21.2. The number of carbonyl (C=O) groups excluding carboxylic acids is 2. The predicted octanol–water partition coefficient (Wildman–Crippen LogP) is 5.39. The van der Waals surface area contributed by atoms with Gasteiger partial charge in [-0.1, -0.05) is 29.8 Å². The van der Waals surface area contributed by atoms with E-state index in [1.54, 1.807) is 24.3 Å². The summed E-state index contributed by atoms with van der Waals surface area (Å²) in [6.07, 6.45) is -2.52. The molecule has 0 saturated heterocycles. The van der Waals surface area contributed by atoms with Gasteiger partial charge >= 0.3 is 11.9 Å². The Labute approximate surface area is 226 Å². The number of benzene rings is 1. The lowest BCUT2D eigenvalue weighted by Gasteiger charge is -2.12. The van der Waals surface area contributed by atoms with Crippen LogP contribution >= 0.6 is 11.3 Å². The van der Waals surface area contributed by atoms with E-state index in [0.29, 0.717) is 16.9 Å². The largest absolute Gasteiger partial charge is 0.454 e. The number of hydrogen-bond acceptors (Lipinski definition) is 8. The number of rotatable bonds is 7. The van der Waals surface area contributed by atoms with Crippen LogP contribution in [0.15, 0.2) is 59.3 Å². The number of nitrogens with one attached hydrogen (secondary N) is 1. The first-order valence-corrected chi connectivity index (χ1v) is 12.2. The summed E-state index contributed by atoms with van der Waals surface area (Å²) in [6.45, 7) is 1.80. The first kappa shape index (κ1) is 26.6. The van der Waals surface area contributed by atoms with Crippen molar-refractivity contribution in [2.24, 2.45) is 5.73 Å². The Balaban J connectivity index is 1.55. The molecule has 4 heterocycles. The highest BCUT2D eigenvalue weighted by atomic mass is 32.1. The van der Waals surface area contributed by atoms with Crippen LogP contribution in [0.1, 0.15) is 37.2 Å². The zero-order chi connectivity index (χ0) is 28.8. The summed E-state index contributed by atoms with van der Waals surface area (Å²) in [5.74, 6) is -1.73. The van der Waals surface area contributed by atoms with E-state index in [9.17, 15) is 32.9 Å². The third-order valence-electron chi connectivity index (χ3n) is 5.81. The van der Waals surface area contributed by atoms with Crippen LogP contribution in [0.4, 0.5) is 24.5 Å². The molecule has 15 heteroatoms. The van der Waals surface area contributed by atoms with Gasteiger partial charge in [0.1, 0.15) is 33.6 Å². The number of carbonyl (C=O) groups is 2. The van der Waals surface area contributed by atoms with Crippen LogP contribution in [-0.4, -0.2) is 31.5 Å². The average Bonchev–Trinajstić information content (AvgIpc) is 3.63. The van der Waals surface area contributed by atoms with Gasteiger partial charge in [-0.2, -0.15) is 18.3 Å². The van der Waals surface area contributed by atoms with Crippen molar-refractivity contribution in [2.75, 3.05) is 5.32 Å². The highest BCUT2D eigenvalue weighted by Crippen LogP contribution is 2.43. The maximum absolute atomic E-state index is 13.7. The number of halogens is 3. The number of alkyl halides is 3. The Morgan fingerprint density at radius 1 is 1.20 bits per heavy atom. The smallest absolute Gasteiger partial charge is 0.433 e. The highest BCUT2D eigenvalue weighted by molar-refractivity contribution is 7.21. The number of nitrogens with zero attached hydrogens (tertiary/aromatic N) is 4. The van der Waals surface area contributed by atoms with Crippen LogP contribution in [0, 0.1) is 17.0 Å². The number of pyridine rings is 1. The molecule has 5 rings (SSSR count). The van der Waals surface area contributed by atoms with Crippen molar-refractivity contribution >= 4 is 44.7 Å². The Hall–Kier alpha value is -5.05. The summed E-state index contributed by atoms with van der Waals surface area (Å²) in [5.41, 5.74) is 5.41. The average molecular weight is 571 g/mol. The van der Waals surface area contributed by atoms with Gasteiger partial charge in [-0.3, -0.25) is 24.4 Å². The molecule has 0 aliphatic heterocycles. The van der Waals surface area contributed by atoms with Crippen molar-refractivity contribution in [3.63, 3.8) is 0 Å². The number of primary amides is 1. The zero-order valence-electron chi connectivity index (χ0n) is 20.4. The fourth-order valence-corrected chi connectivity index (χ4v) is 4.96. The van der Waals surface area contributed by atoms with Crippen molar-refractivity contribution in [1.29, 1.82) is 0 Å². The van der Waals surface area contributed by atoms with Gasteiger partial charge in [0.25, 0.3) is 11.8 Å². The number of furan rings is 1. The van der Waals surface area contributed by atoms with Gasteiger partial charge in [-0.15, -0.1) is 11.3 Å². The lowest BCUT2D eigenvalue weighted by molar-refractivity contribution is -0.385.